The van der Waals surface area contributed by atoms with Gasteiger partial charge in [0.2, 0.25) is 10.0 Å². The molecule has 2 aromatic rings. The van der Waals surface area contributed by atoms with Gasteiger partial charge in [0.1, 0.15) is 5.75 Å². The van der Waals surface area contributed by atoms with Crippen LogP contribution in [-0.2, 0) is 10.0 Å². The third-order valence-electron chi connectivity index (χ3n) is 4.42. The molecule has 1 unspecified atom stereocenters. The van der Waals surface area contributed by atoms with Crippen LogP contribution in [0.3, 0.4) is 0 Å². The second-order valence-corrected chi connectivity index (χ2v) is 7.81. The van der Waals surface area contributed by atoms with Crippen molar-refractivity contribution in [2.45, 2.75) is 17.2 Å². The Morgan fingerprint density at radius 2 is 1.76 bits per heavy atom. The van der Waals surface area contributed by atoms with Crippen molar-refractivity contribution in [3.05, 3.63) is 64.2 Å². The number of nitro benzene ring substituents is 1. The lowest BCUT2D eigenvalue weighted by Crippen LogP contribution is -2.28. The molecule has 0 aromatic heterocycles. The summed E-state index contributed by atoms with van der Waals surface area (Å²) in [5.41, 5.74) is 0.943. The molecule has 0 bridgehead atoms. The first-order valence-electron chi connectivity index (χ1n) is 7.80. The van der Waals surface area contributed by atoms with Gasteiger partial charge in [0.15, 0.2) is 0 Å². The van der Waals surface area contributed by atoms with Gasteiger partial charge >= 0.3 is 0 Å². The number of rotatable bonds is 5. The molecule has 0 saturated carbocycles. The Bertz CT molecular complexity index is 863. The molecule has 1 fully saturated rings. The molecule has 0 aliphatic carbocycles. The van der Waals surface area contributed by atoms with Crippen LogP contribution in [0.5, 0.6) is 5.75 Å². The Kier molecular flexibility index (Phi) is 4.73. The van der Waals surface area contributed by atoms with Crippen LogP contribution in [0.2, 0.25) is 0 Å². The minimum Gasteiger partial charge on any atom is -0.497 e. The molecule has 1 heterocycles. The molecule has 1 aliphatic rings. The number of non-ortho nitro benzene ring substituents is 1. The molecular formula is C17H18N2O5S. The third-order valence-corrected chi connectivity index (χ3v) is 6.30. The van der Waals surface area contributed by atoms with Crippen molar-refractivity contribution in [2.75, 3.05) is 20.2 Å². The van der Waals surface area contributed by atoms with E-state index in [0.29, 0.717) is 13.1 Å². The number of hydrogen-bond donors (Lipinski definition) is 0. The zero-order chi connectivity index (χ0) is 18.0. The Hall–Kier alpha value is -2.45. The maximum absolute atomic E-state index is 12.7. The van der Waals surface area contributed by atoms with E-state index in [1.54, 1.807) is 7.11 Å². The van der Waals surface area contributed by atoms with Gasteiger partial charge in [-0.1, -0.05) is 12.1 Å². The molecule has 0 spiro atoms. The minimum atomic E-state index is -3.65. The van der Waals surface area contributed by atoms with Crippen molar-refractivity contribution in [3.63, 3.8) is 0 Å². The summed E-state index contributed by atoms with van der Waals surface area (Å²) < 4.78 is 32.0. The van der Waals surface area contributed by atoms with Gasteiger partial charge in [-0.3, -0.25) is 10.1 Å². The van der Waals surface area contributed by atoms with E-state index in [0.717, 1.165) is 17.7 Å². The van der Waals surface area contributed by atoms with Gasteiger partial charge in [-0.15, -0.1) is 0 Å². The second kappa shape index (κ2) is 6.81. The molecule has 7 nitrogen and oxygen atoms in total. The van der Waals surface area contributed by atoms with Crippen LogP contribution >= 0.6 is 0 Å². The number of nitrogens with zero attached hydrogens (tertiary/aromatic N) is 2. The lowest BCUT2D eigenvalue weighted by molar-refractivity contribution is -0.384. The fourth-order valence-electron chi connectivity index (χ4n) is 2.98. The molecule has 1 atom stereocenters. The molecule has 8 heteroatoms. The second-order valence-electron chi connectivity index (χ2n) is 5.87. The van der Waals surface area contributed by atoms with Crippen LogP contribution in [0.15, 0.2) is 53.4 Å². The fourth-order valence-corrected chi connectivity index (χ4v) is 4.48. The van der Waals surface area contributed by atoms with E-state index in [1.807, 2.05) is 24.3 Å². The van der Waals surface area contributed by atoms with Gasteiger partial charge in [0.05, 0.1) is 16.9 Å². The summed E-state index contributed by atoms with van der Waals surface area (Å²) in [7, 11) is -2.05. The average molecular weight is 362 g/mol. The van der Waals surface area contributed by atoms with E-state index in [1.165, 1.54) is 28.6 Å². The van der Waals surface area contributed by atoms with Crippen LogP contribution in [-0.4, -0.2) is 37.8 Å². The average Bonchev–Trinajstić information content (AvgIpc) is 3.13. The topological polar surface area (TPSA) is 89.8 Å². The predicted molar refractivity (Wildman–Crippen MR) is 92.2 cm³/mol. The van der Waals surface area contributed by atoms with Crippen molar-refractivity contribution < 1.29 is 18.1 Å². The zero-order valence-electron chi connectivity index (χ0n) is 13.7. The first-order valence-corrected chi connectivity index (χ1v) is 9.24. The van der Waals surface area contributed by atoms with E-state index in [9.17, 15) is 18.5 Å². The Balaban J connectivity index is 1.76. The van der Waals surface area contributed by atoms with Crippen LogP contribution in [0, 0.1) is 10.1 Å². The van der Waals surface area contributed by atoms with Gasteiger partial charge in [0, 0.05) is 25.2 Å². The van der Waals surface area contributed by atoms with E-state index in [-0.39, 0.29) is 16.5 Å². The smallest absolute Gasteiger partial charge is 0.269 e. The number of hydrogen-bond acceptors (Lipinski definition) is 5. The summed E-state index contributed by atoms with van der Waals surface area (Å²) in [6.45, 7) is 0.821. The van der Waals surface area contributed by atoms with Crippen molar-refractivity contribution in [1.29, 1.82) is 0 Å². The summed E-state index contributed by atoms with van der Waals surface area (Å²) >= 11 is 0. The number of sulfonamides is 1. The van der Waals surface area contributed by atoms with Crippen LogP contribution < -0.4 is 4.74 Å². The minimum absolute atomic E-state index is 0.0773. The number of methoxy groups -OCH3 is 1. The standard InChI is InChI=1S/C17H18N2O5S/c1-24-16-6-2-13(3-7-16)14-10-11-18(12-14)25(22,23)17-8-4-15(5-9-17)19(20)21/h2-9,14H,10-12H2,1H3. The van der Waals surface area contributed by atoms with Crippen molar-refractivity contribution in [3.8, 4) is 5.75 Å². The van der Waals surface area contributed by atoms with E-state index >= 15 is 0 Å². The quantitative estimate of drug-likeness (QED) is 0.603. The molecule has 132 valence electrons. The number of ether oxygens (including phenoxy) is 1. The summed E-state index contributed by atoms with van der Waals surface area (Å²) in [5.74, 6) is 0.885. The highest BCUT2D eigenvalue weighted by molar-refractivity contribution is 7.89. The molecular weight excluding hydrogens is 344 g/mol. The fraction of sp³-hybridized carbons (Fsp3) is 0.294. The summed E-state index contributed by atoms with van der Waals surface area (Å²) in [6, 6.07) is 12.6. The highest BCUT2D eigenvalue weighted by Gasteiger charge is 2.33. The first-order chi connectivity index (χ1) is 11.9. The third kappa shape index (κ3) is 3.49. The van der Waals surface area contributed by atoms with Crippen molar-refractivity contribution in [2.24, 2.45) is 0 Å². The molecule has 2 aromatic carbocycles. The van der Waals surface area contributed by atoms with Crippen LogP contribution in [0.1, 0.15) is 17.9 Å². The SMILES string of the molecule is COc1ccc(C2CCN(S(=O)(=O)c3ccc([N+](=O)[O-])cc3)C2)cc1. The number of benzene rings is 2. The molecule has 1 saturated heterocycles. The summed E-state index contributed by atoms with van der Waals surface area (Å²) in [4.78, 5) is 10.2. The van der Waals surface area contributed by atoms with Crippen molar-refractivity contribution >= 4 is 15.7 Å². The van der Waals surface area contributed by atoms with Crippen molar-refractivity contribution in [1.82, 2.24) is 4.31 Å². The molecule has 1 aliphatic heterocycles. The Labute approximate surface area is 146 Å². The van der Waals surface area contributed by atoms with Gasteiger partial charge in [-0.25, -0.2) is 8.42 Å². The molecule has 0 N–H and O–H groups in total. The van der Waals surface area contributed by atoms with Crippen LogP contribution in [0.25, 0.3) is 0 Å². The number of nitro groups is 1. The predicted octanol–water partition coefficient (Wildman–Crippen LogP) is 2.78. The summed E-state index contributed by atoms with van der Waals surface area (Å²) in [5, 5.41) is 10.7. The van der Waals surface area contributed by atoms with Gasteiger partial charge in [-0.2, -0.15) is 4.31 Å². The first kappa shape index (κ1) is 17.4. The zero-order valence-corrected chi connectivity index (χ0v) is 14.5. The highest BCUT2D eigenvalue weighted by Crippen LogP contribution is 2.32. The molecule has 3 rings (SSSR count). The highest BCUT2D eigenvalue weighted by atomic mass is 32.2. The van der Waals surface area contributed by atoms with Gasteiger partial charge in [-0.05, 0) is 42.2 Å². The lowest BCUT2D eigenvalue weighted by Gasteiger charge is -2.17. The van der Waals surface area contributed by atoms with Crippen LogP contribution in [0.4, 0.5) is 5.69 Å². The Morgan fingerprint density at radius 1 is 1.12 bits per heavy atom. The molecule has 0 radical (unpaired) electrons. The monoisotopic (exact) mass is 362 g/mol. The largest absolute Gasteiger partial charge is 0.497 e. The maximum atomic E-state index is 12.7. The lowest BCUT2D eigenvalue weighted by atomic mass is 9.99. The normalized spacial score (nSPS) is 18.2. The van der Waals surface area contributed by atoms with E-state index < -0.39 is 14.9 Å². The maximum Gasteiger partial charge on any atom is 0.269 e. The van der Waals surface area contributed by atoms with Gasteiger partial charge < -0.3 is 4.74 Å². The van der Waals surface area contributed by atoms with Gasteiger partial charge in [0.25, 0.3) is 5.69 Å². The molecule has 25 heavy (non-hydrogen) atoms. The molecule has 0 amide bonds. The summed E-state index contributed by atoms with van der Waals surface area (Å²) in [6.07, 6.45) is 0.735. The van der Waals surface area contributed by atoms with E-state index in [2.05, 4.69) is 0 Å². The Morgan fingerprint density at radius 3 is 2.32 bits per heavy atom. The van der Waals surface area contributed by atoms with E-state index in [4.69, 9.17) is 4.74 Å².